The largest absolute Gasteiger partial charge is 0.375 e. The van der Waals surface area contributed by atoms with Crippen molar-refractivity contribution in [3.05, 3.63) is 0 Å². The second kappa shape index (κ2) is 5.55. The highest BCUT2D eigenvalue weighted by Crippen LogP contribution is 2.34. The fourth-order valence-corrected chi connectivity index (χ4v) is 3.42. The van der Waals surface area contributed by atoms with Gasteiger partial charge in [-0.25, -0.2) is 0 Å². The van der Waals surface area contributed by atoms with Gasteiger partial charge < -0.3 is 15.8 Å². The standard InChI is InChI=1S/C13H25N3O2/c1-10-8-13(12(14)17,9-11(2)18-10)16-6-3-4-15-5-7-16/h10-11,15H,3-9H2,1-2H3,(H2,14,17). The first kappa shape index (κ1) is 13.8. The van der Waals surface area contributed by atoms with Gasteiger partial charge in [-0.1, -0.05) is 0 Å². The van der Waals surface area contributed by atoms with Crippen molar-refractivity contribution >= 4 is 5.91 Å². The molecule has 2 saturated heterocycles. The lowest BCUT2D eigenvalue weighted by Crippen LogP contribution is -2.63. The molecule has 104 valence electrons. The molecule has 5 heteroatoms. The minimum atomic E-state index is -0.511. The molecular weight excluding hydrogens is 230 g/mol. The van der Waals surface area contributed by atoms with Crippen LogP contribution in [0, 0.1) is 0 Å². The molecule has 2 heterocycles. The van der Waals surface area contributed by atoms with E-state index in [9.17, 15) is 4.79 Å². The fraction of sp³-hybridized carbons (Fsp3) is 0.923. The zero-order chi connectivity index (χ0) is 13.2. The topological polar surface area (TPSA) is 67.6 Å². The summed E-state index contributed by atoms with van der Waals surface area (Å²) in [5.74, 6) is -0.189. The van der Waals surface area contributed by atoms with Crippen molar-refractivity contribution in [3.63, 3.8) is 0 Å². The summed E-state index contributed by atoms with van der Waals surface area (Å²) in [5, 5.41) is 3.37. The Kier molecular flexibility index (Phi) is 4.25. The highest BCUT2D eigenvalue weighted by Gasteiger charge is 2.47. The molecule has 2 aliphatic heterocycles. The molecule has 0 aromatic rings. The van der Waals surface area contributed by atoms with Gasteiger partial charge in [0.1, 0.15) is 5.54 Å². The normalized spacial score (nSPS) is 39.2. The van der Waals surface area contributed by atoms with Crippen molar-refractivity contribution in [2.45, 2.75) is 50.9 Å². The number of amides is 1. The zero-order valence-corrected chi connectivity index (χ0v) is 11.4. The molecule has 2 aliphatic rings. The first-order valence-electron chi connectivity index (χ1n) is 6.96. The van der Waals surface area contributed by atoms with E-state index in [0.717, 1.165) is 32.6 Å². The number of carbonyl (C=O) groups excluding carboxylic acids is 1. The van der Waals surface area contributed by atoms with Crippen LogP contribution in [0.4, 0.5) is 0 Å². The monoisotopic (exact) mass is 255 g/mol. The van der Waals surface area contributed by atoms with E-state index in [2.05, 4.69) is 10.2 Å². The minimum Gasteiger partial charge on any atom is -0.375 e. The zero-order valence-electron chi connectivity index (χ0n) is 11.4. The van der Waals surface area contributed by atoms with Crippen LogP contribution in [0.5, 0.6) is 0 Å². The van der Waals surface area contributed by atoms with Gasteiger partial charge >= 0.3 is 0 Å². The number of rotatable bonds is 2. The van der Waals surface area contributed by atoms with Crippen LogP contribution in [-0.2, 0) is 9.53 Å². The Balaban J connectivity index is 2.21. The molecule has 2 atom stereocenters. The highest BCUT2D eigenvalue weighted by atomic mass is 16.5. The predicted molar refractivity (Wildman–Crippen MR) is 70.2 cm³/mol. The summed E-state index contributed by atoms with van der Waals surface area (Å²) < 4.78 is 5.76. The smallest absolute Gasteiger partial charge is 0.238 e. The van der Waals surface area contributed by atoms with Crippen molar-refractivity contribution < 1.29 is 9.53 Å². The molecular formula is C13H25N3O2. The average molecular weight is 255 g/mol. The van der Waals surface area contributed by atoms with Gasteiger partial charge in [-0.15, -0.1) is 0 Å². The van der Waals surface area contributed by atoms with E-state index in [4.69, 9.17) is 10.5 Å². The maximum absolute atomic E-state index is 12.1. The predicted octanol–water partition coefficient (Wildman–Crippen LogP) is 0.0932. The quantitative estimate of drug-likeness (QED) is 0.734. The van der Waals surface area contributed by atoms with Crippen LogP contribution in [0.15, 0.2) is 0 Å². The Labute approximate surface area is 109 Å². The lowest BCUT2D eigenvalue weighted by Gasteiger charge is -2.47. The average Bonchev–Trinajstić information content (AvgIpc) is 2.55. The summed E-state index contributed by atoms with van der Waals surface area (Å²) in [5.41, 5.74) is 5.24. The van der Waals surface area contributed by atoms with E-state index in [1.807, 2.05) is 13.8 Å². The summed E-state index contributed by atoms with van der Waals surface area (Å²) in [4.78, 5) is 14.4. The molecule has 1 amide bonds. The van der Waals surface area contributed by atoms with Crippen molar-refractivity contribution in [1.82, 2.24) is 10.2 Å². The van der Waals surface area contributed by atoms with Crippen LogP contribution in [0.2, 0.25) is 0 Å². The number of ether oxygens (including phenoxy) is 1. The van der Waals surface area contributed by atoms with Gasteiger partial charge in [0.15, 0.2) is 0 Å². The van der Waals surface area contributed by atoms with Gasteiger partial charge in [-0.2, -0.15) is 0 Å². The van der Waals surface area contributed by atoms with Crippen LogP contribution in [-0.4, -0.2) is 54.7 Å². The second-order valence-corrected chi connectivity index (χ2v) is 5.65. The van der Waals surface area contributed by atoms with Gasteiger partial charge in [0.05, 0.1) is 12.2 Å². The third-order valence-corrected chi connectivity index (χ3v) is 4.12. The molecule has 3 N–H and O–H groups in total. The maximum atomic E-state index is 12.1. The van der Waals surface area contributed by atoms with Gasteiger partial charge in [0.2, 0.25) is 5.91 Å². The van der Waals surface area contributed by atoms with Gasteiger partial charge in [-0.3, -0.25) is 9.69 Å². The molecule has 0 spiro atoms. The lowest BCUT2D eigenvalue weighted by molar-refractivity contribution is -0.149. The van der Waals surface area contributed by atoms with E-state index in [-0.39, 0.29) is 18.1 Å². The Hall–Kier alpha value is -0.650. The van der Waals surface area contributed by atoms with Crippen molar-refractivity contribution in [1.29, 1.82) is 0 Å². The Morgan fingerprint density at radius 2 is 1.94 bits per heavy atom. The number of nitrogens with one attached hydrogen (secondary N) is 1. The summed E-state index contributed by atoms with van der Waals surface area (Å²) >= 11 is 0. The minimum absolute atomic E-state index is 0.0949. The summed E-state index contributed by atoms with van der Waals surface area (Å²) in [6.45, 7) is 7.84. The lowest BCUT2D eigenvalue weighted by atomic mass is 9.81. The van der Waals surface area contributed by atoms with Crippen LogP contribution in [0.25, 0.3) is 0 Å². The van der Waals surface area contributed by atoms with Crippen molar-refractivity contribution in [2.24, 2.45) is 5.73 Å². The van der Waals surface area contributed by atoms with E-state index in [1.54, 1.807) is 0 Å². The molecule has 18 heavy (non-hydrogen) atoms. The number of nitrogens with zero attached hydrogens (tertiary/aromatic N) is 1. The highest BCUT2D eigenvalue weighted by molar-refractivity contribution is 5.85. The number of nitrogens with two attached hydrogens (primary N) is 1. The van der Waals surface area contributed by atoms with Crippen LogP contribution < -0.4 is 11.1 Å². The fourth-order valence-electron chi connectivity index (χ4n) is 3.42. The van der Waals surface area contributed by atoms with Crippen molar-refractivity contribution in [3.8, 4) is 0 Å². The number of hydrogen-bond acceptors (Lipinski definition) is 4. The SMILES string of the molecule is CC1CC(C(N)=O)(N2CCCNCC2)CC(C)O1. The first-order valence-corrected chi connectivity index (χ1v) is 6.96. The molecule has 2 unspecified atom stereocenters. The third kappa shape index (κ3) is 2.68. The van der Waals surface area contributed by atoms with Crippen molar-refractivity contribution in [2.75, 3.05) is 26.2 Å². The molecule has 0 aromatic carbocycles. The Morgan fingerprint density at radius 1 is 1.28 bits per heavy atom. The number of primary amides is 1. The summed E-state index contributed by atoms with van der Waals surface area (Å²) in [6, 6.07) is 0. The molecule has 5 nitrogen and oxygen atoms in total. The summed E-state index contributed by atoms with van der Waals surface area (Å²) in [7, 11) is 0. The maximum Gasteiger partial charge on any atom is 0.238 e. The number of carbonyl (C=O) groups is 1. The van der Waals surface area contributed by atoms with E-state index in [0.29, 0.717) is 12.8 Å². The first-order chi connectivity index (χ1) is 8.54. The van der Waals surface area contributed by atoms with E-state index < -0.39 is 5.54 Å². The van der Waals surface area contributed by atoms with Crippen LogP contribution in [0.3, 0.4) is 0 Å². The molecule has 0 bridgehead atoms. The molecule has 0 saturated carbocycles. The summed E-state index contributed by atoms with van der Waals surface area (Å²) in [6.07, 6.45) is 2.69. The molecule has 0 aliphatic carbocycles. The van der Waals surface area contributed by atoms with Gasteiger partial charge in [0, 0.05) is 32.5 Å². The van der Waals surface area contributed by atoms with E-state index in [1.165, 1.54) is 0 Å². The Bertz CT molecular complexity index is 291. The molecule has 2 fully saturated rings. The second-order valence-electron chi connectivity index (χ2n) is 5.65. The molecule has 0 radical (unpaired) electrons. The third-order valence-electron chi connectivity index (χ3n) is 4.12. The van der Waals surface area contributed by atoms with Crippen LogP contribution >= 0.6 is 0 Å². The Morgan fingerprint density at radius 3 is 2.56 bits per heavy atom. The van der Waals surface area contributed by atoms with E-state index >= 15 is 0 Å². The van der Waals surface area contributed by atoms with Gasteiger partial charge in [-0.05, 0) is 26.8 Å². The molecule has 2 rings (SSSR count). The number of hydrogen-bond donors (Lipinski definition) is 2. The van der Waals surface area contributed by atoms with Gasteiger partial charge in [0.25, 0.3) is 0 Å². The van der Waals surface area contributed by atoms with Crippen LogP contribution in [0.1, 0.15) is 33.1 Å². The molecule has 0 aromatic heterocycles.